The maximum atomic E-state index is 12.3. The summed E-state index contributed by atoms with van der Waals surface area (Å²) in [5.41, 5.74) is 3.13. The quantitative estimate of drug-likeness (QED) is 0.854. The van der Waals surface area contributed by atoms with Crippen molar-refractivity contribution < 1.29 is 13.5 Å². The van der Waals surface area contributed by atoms with Crippen molar-refractivity contribution in [1.82, 2.24) is 9.71 Å². The van der Waals surface area contributed by atoms with Crippen molar-refractivity contribution in [2.75, 3.05) is 0 Å². The molecule has 5 nitrogen and oxygen atoms in total. The van der Waals surface area contributed by atoms with Crippen LogP contribution in [-0.4, -0.2) is 18.5 Å². The van der Waals surface area contributed by atoms with Crippen LogP contribution < -0.4 is 4.72 Å². The van der Waals surface area contributed by atoms with Gasteiger partial charge in [-0.1, -0.05) is 19.1 Å². The van der Waals surface area contributed by atoms with Crippen molar-refractivity contribution in [2.45, 2.75) is 37.8 Å². The number of hydrogen-bond acceptors (Lipinski definition) is 5. The van der Waals surface area contributed by atoms with Crippen LogP contribution in [0.3, 0.4) is 0 Å². The van der Waals surface area contributed by atoms with Crippen molar-refractivity contribution in [3.05, 3.63) is 45.9 Å². The van der Waals surface area contributed by atoms with E-state index in [2.05, 4.69) is 9.71 Å². The number of hydrogen-bond donors (Lipinski definition) is 2. The van der Waals surface area contributed by atoms with Gasteiger partial charge >= 0.3 is 0 Å². The largest absolute Gasteiger partial charge is 0.388 e. The number of aryl methyl sites for hydroxylation is 1. The van der Waals surface area contributed by atoms with Gasteiger partial charge in [0.1, 0.15) is 0 Å². The van der Waals surface area contributed by atoms with Crippen molar-refractivity contribution in [2.24, 2.45) is 0 Å². The number of thiazole rings is 1. The van der Waals surface area contributed by atoms with Gasteiger partial charge in [-0.25, -0.2) is 18.1 Å². The summed E-state index contributed by atoms with van der Waals surface area (Å²) in [5, 5.41) is 9.81. The van der Waals surface area contributed by atoms with E-state index in [1.807, 2.05) is 13.8 Å². The molecular weight excluding hydrogens is 308 g/mol. The van der Waals surface area contributed by atoms with Crippen LogP contribution in [0.25, 0.3) is 0 Å². The van der Waals surface area contributed by atoms with Gasteiger partial charge in [0, 0.05) is 11.4 Å². The van der Waals surface area contributed by atoms with E-state index in [4.69, 9.17) is 0 Å². The average molecular weight is 326 g/mol. The summed E-state index contributed by atoms with van der Waals surface area (Å²) < 4.78 is 27.2. The van der Waals surface area contributed by atoms with Crippen molar-refractivity contribution >= 4 is 21.4 Å². The number of aromatic nitrogens is 1. The normalized spacial score (nSPS) is 13.3. The van der Waals surface area contributed by atoms with E-state index >= 15 is 0 Å². The second-order valence-electron chi connectivity index (χ2n) is 4.68. The van der Waals surface area contributed by atoms with E-state index in [0.717, 1.165) is 10.6 Å². The van der Waals surface area contributed by atoms with Crippen LogP contribution >= 0.6 is 11.3 Å². The first-order chi connectivity index (χ1) is 9.94. The minimum Gasteiger partial charge on any atom is -0.388 e. The Morgan fingerprint density at radius 2 is 2.19 bits per heavy atom. The van der Waals surface area contributed by atoms with Gasteiger partial charge < -0.3 is 5.11 Å². The first kappa shape index (κ1) is 16.1. The fraction of sp³-hybridized carbons (Fsp3) is 0.357. The molecule has 7 heteroatoms. The van der Waals surface area contributed by atoms with Crippen LogP contribution in [0.1, 0.15) is 35.6 Å². The summed E-state index contributed by atoms with van der Waals surface area (Å²) in [4.78, 5) is 5.14. The van der Waals surface area contributed by atoms with Crippen LogP contribution in [0.15, 0.2) is 34.7 Å². The van der Waals surface area contributed by atoms with Gasteiger partial charge in [-0.3, -0.25) is 0 Å². The highest BCUT2D eigenvalue weighted by Gasteiger charge is 2.16. The van der Waals surface area contributed by atoms with E-state index in [0.29, 0.717) is 12.0 Å². The van der Waals surface area contributed by atoms with E-state index in [1.165, 1.54) is 23.5 Å². The molecule has 0 aliphatic rings. The lowest BCUT2D eigenvalue weighted by Gasteiger charge is -2.11. The highest BCUT2D eigenvalue weighted by Crippen LogP contribution is 2.20. The summed E-state index contributed by atoms with van der Waals surface area (Å²) in [6.07, 6.45) is -0.110. The topological polar surface area (TPSA) is 79.3 Å². The molecule has 0 saturated carbocycles. The smallest absolute Gasteiger partial charge is 0.240 e. The molecule has 1 aromatic heterocycles. The molecule has 1 atom stereocenters. The Labute approximate surface area is 128 Å². The fourth-order valence-electron chi connectivity index (χ4n) is 1.86. The first-order valence-corrected chi connectivity index (χ1v) is 8.97. The van der Waals surface area contributed by atoms with E-state index < -0.39 is 16.1 Å². The molecule has 114 valence electrons. The first-order valence-electron chi connectivity index (χ1n) is 6.60. The SMILES string of the molecule is CCC(O)c1cccc(S(=O)(=O)NCc2scnc2C)c1. The number of nitrogens with zero attached hydrogens (tertiary/aromatic N) is 1. The Hall–Kier alpha value is -1.28. The molecule has 0 aliphatic heterocycles. The molecule has 0 amide bonds. The van der Waals surface area contributed by atoms with Crippen molar-refractivity contribution in [3.63, 3.8) is 0 Å². The zero-order chi connectivity index (χ0) is 15.5. The summed E-state index contributed by atoms with van der Waals surface area (Å²) in [5.74, 6) is 0. The third-order valence-corrected chi connectivity index (χ3v) is 5.54. The minimum atomic E-state index is -3.60. The average Bonchev–Trinajstić information content (AvgIpc) is 2.90. The number of sulfonamides is 1. The molecule has 1 unspecified atom stereocenters. The number of aliphatic hydroxyl groups is 1. The Morgan fingerprint density at radius 3 is 2.81 bits per heavy atom. The van der Waals surface area contributed by atoms with Gasteiger partial charge in [-0.2, -0.15) is 0 Å². The molecule has 1 aromatic carbocycles. The van der Waals surface area contributed by atoms with Gasteiger partial charge in [0.25, 0.3) is 0 Å². The van der Waals surface area contributed by atoms with E-state index in [-0.39, 0.29) is 11.4 Å². The lowest BCUT2D eigenvalue weighted by molar-refractivity contribution is 0.173. The fourth-order valence-corrected chi connectivity index (χ4v) is 3.72. The highest BCUT2D eigenvalue weighted by atomic mass is 32.2. The predicted molar refractivity (Wildman–Crippen MR) is 82.6 cm³/mol. The zero-order valence-corrected chi connectivity index (χ0v) is 13.5. The van der Waals surface area contributed by atoms with Crippen LogP contribution in [0, 0.1) is 6.92 Å². The van der Waals surface area contributed by atoms with E-state index in [9.17, 15) is 13.5 Å². The van der Waals surface area contributed by atoms with Gasteiger partial charge in [0.05, 0.1) is 22.2 Å². The molecule has 0 spiro atoms. The monoisotopic (exact) mass is 326 g/mol. The molecule has 0 fully saturated rings. The zero-order valence-electron chi connectivity index (χ0n) is 11.9. The van der Waals surface area contributed by atoms with Crippen LogP contribution in [0.5, 0.6) is 0 Å². The van der Waals surface area contributed by atoms with Crippen molar-refractivity contribution in [1.29, 1.82) is 0 Å². The second-order valence-corrected chi connectivity index (χ2v) is 7.39. The Kier molecular flexibility index (Phi) is 5.10. The third kappa shape index (κ3) is 3.88. The molecule has 0 saturated heterocycles. The Morgan fingerprint density at radius 1 is 1.43 bits per heavy atom. The minimum absolute atomic E-state index is 0.162. The number of benzene rings is 1. The summed E-state index contributed by atoms with van der Waals surface area (Å²) in [6.45, 7) is 3.91. The summed E-state index contributed by atoms with van der Waals surface area (Å²) in [7, 11) is -3.60. The Bertz CT molecular complexity index is 711. The molecule has 2 aromatic rings. The van der Waals surface area contributed by atoms with Gasteiger partial charge in [-0.05, 0) is 31.0 Å². The molecule has 1 heterocycles. The number of nitrogens with one attached hydrogen (secondary N) is 1. The molecule has 0 aliphatic carbocycles. The molecular formula is C14H18N2O3S2. The molecule has 2 N–H and O–H groups in total. The Balaban J connectivity index is 2.18. The maximum Gasteiger partial charge on any atom is 0.240 e. The van der Waals surface area contributed by atoms with Crippen LogP contribution in [0.4, 0.5) is 0 Å². The van der Waals surface area contributed by atoms with Crippen LogP contribution in [-0.2, 0) is 16.6 Å². The summed E-state index contributed by atoms with van der Waals surface area (Å²) in [6, 6.07) is 6.39. The lowest BCUT2D eigenvalue weighted by Crippen LogP contribution is -2.23. The summed E-state index contributed by atoms with van der Waals surface area (Å²) >= 11 is 1.42. The van der Waals surface area contributed by atoms with E-state index in [1.54, 1.807) is 17.6 Å². The maximum absolute atomic E-state index is 12.3. The number of aliphatic hydroxyl groups excluding tert-OH is 1. The van der Waals surface area contributed by atoms with Crippen molar-refractivity contribution in [3.8, 4) is 0 Å². The third-order valence-electron chi connectivity index (χ3n) is 3.21. The van der Waals surface area contributed by atoms with Gasteiger partial charge in [-0.15, -0.1) is 11.3 Å². The molecule has 2 rings (SSSR count). The standard InChI is InChI=1S/C14H18N2O3S2/c1-3-13(17)11-5-4-6-12(7-11)21(18,19)16-8-14-10(2)15-9-20-14/h4-7,9,13,16-17H,3,8H2,1-2H3. The number of rotatable bonds is 6. The highest BCUT2D eigenvalue weighted by molar-refractivity contribution is 7.89. The lowest BCUT2D eigenvalue weighted by atomic mass is 10.1. The molecule has 0 bridgehead atoms. The van der Waals surface area contributed by atoms with Gasteiger partial charge in [0.2, 0.25) is 10.0 Å². The molecule has 0 radical (unpaired) electrons. The van der Waals surface area contributed by atoms with Crippen LogP contribution in [0.2, 0.25) is 0 Å². The molecule has 21 heavy (non-hydrogen) atoms. The second kappa shape index (κ2) is 6.65. The predicted octanol–water partition coefficient (Wildman–Crippen LogP) is 2.37. The van der Waals surface area contributed by atoms with Gasteiger partial charge in [0.15, 0.2) is 0 Å².